The van der Waals surface area contributed by atoms with Crippen molar-refractivity contribution in [3.05, 3.63) is 102 Å². The number of amides is 2. The van der Waals surface area contributed by atoms with E-state index in [9.17, 15) is 14.0 Å². The van der Waals surface area contributed by atoms with Crippen LogP contribution in [0.25, 0.3) is 0 Å². The van der Waals surface area contributed by atoms with Crippen LogP contribution in [-0.2, 0) is 11.2 Å². The number of halogens is 1. The van der Waals surface area contributed by atoms with Gasteiger partial charge in [-0.25, -0.2) is 9.37 Å². The Bertz CT molecular complexity index is 1090. The number of hydrogen-bond acceptors (Lipinski definition) is 5. The number of aryl methyl sites for hydroxylation is 1. The van der Waals surface area contributed by atoms with Gasteiger partial charge < -0.3 is 15.4 Å². The Balaban J connectivity index is 1.77. The SMILES string of the molecule is C=CNSc1ccc(NC(=O)C(Cc2ccccc2)NC(=O)c2ccc(F)cn2)c(C)c1. The second-order valence-corrected chi connectivity index (χ2v) is 7.88. The highest BCUT2D eigenvalue weighted by atomic mass is 32.2. The van der Waals surface area contributed by atoms with Gasteiger partial charge in [0.15, 0.2) is 0 Å². The lowest BCUT2D eigenvalue weighted by atomic mass is 10.0. The van der Waals surface area contributed by atoms with Crippen molar-refractivity contribution in [1.82, 2.24) is 15.0 Å². The number of rotatable bonds is 9. The second-order valence-electron chi connectivity index (χ2n) is 6.97. The first kappa shape index (κ1) is 23.0. The summed E-state index contributed by atoms with van der Waals surface area (Å²) in [5.74, 6) is -1.46. The largest absolute Gasteiger partial charge is 0.339 e. The zero-order valence-electron chi connectivity index (χ0n) is 17.5. The van der Waals surface area contributed by atoms with Gasteiger partial charge in [0.25, 0.3) is 5.91 Å². The smallest absolute Gasteiger partial charge is 0.270 e. The first-order valence-corrected chi connectivity index (χ1v) is 10.7. The number of pyridine rings is 1. The molecular formula is C24H23FN4O2S. The van der Waals surface area contributed by atoms with Crippen molar-refractivity contribution in [1.29, 1.82) is 0 Å². The first-order valence-electron chi connectivity index (χ1n) is 9.87. The van der Waals surface area contributed by atoms with Crippen molar-refractivity contribution in [3.63, 3.8) is 0 Å². The van der Waals surface area contributed by atoms with Crippen LogP contribution in [-0.4, -0.2) is 22.8 Å². The summed E-state index contributed by atoms with van der Waals surface area (Å²) in [5.41, 5.74) is 2.44. The van der Waals surface area contributed by atoms with Gasteiger partial charge in [-0.05, 0) is 60.3 Å². The minimum Gasteiger partial charge on any atom is -0.339 e. The predicted molar refractivity (Wildman–Crippen MR) is 125 cm³/mol. The Morgan fingerprint density at radius 1 is 1.16 bits per heavy atom. The molecule has 1 heterocycles. The van der Waals surface area contributed by atoms with Crippen LogP contribution < -0.4 is 15.4 Å². The number of nitrogens with zero attached hydrogens (tertiary/aromatic N) is 1. The molecule has 2 aromatic carbocycles. The highest BCUT2D eigenvalue weighted by Crippen LogP contribution is 2.22. The summed E-state index contributed by atoms with van der Waals surface area (Å²) in [7, 11) is 0. The zero-order chi connectivity index (χ0) is 22.9. The van der Waals surface area contributed by atoms with Gasteiger partial charge in [-0.2, -0.15) is 0 Å². The zero-order valence-corrected chi connectivity index (χ0v) is 18.3. The van der Waals surface area contributed by atoms with Gasteiger partial charge in [-0.1, -0.05) is 36.9 Å². The average Bonchev–Trinajstić information content (AvgIpc) is 2.80. The van der Waals surface area contributed by atoms with E-state index in [0.29, 0.717) is 5.69 Å². The molecule has 0 fully saturated rings. The molecule has 1 unspecified atom stereocenters. The highest BCUT2D eigenvalue weighted by Gasteiger charge is 2.23. The maximum atomic E-state index is 13.1. The molecule has 0 spiro atoms. The van der Waals surface area contributed by atoms with Gasteiger partial charge >= 0.3 is 0 Å². The summed E-state index contributed by atoms with van der Waals surface area (Å²) in [6.07, 6.45) is 2.84. The number of benzene rings is 2. The van der Waals surface area contributed by atoms with Crippen LogP contribution in [0.5, 0.6) is 0 Å². The molecule has 0 saturated carbocycles. The molecule has 32 heavy (non-hydrogen) atoms. The number of carbonyl (C=O) groups is 2. The first-order chi connectivity index (χ1) is 15.5. The third-order valence-electron chi connectivity index (χ3n) is 4.58. The molecule has 3 N–H and O–H groups in total. The molecule has 0 bridgehead atoms. The summed E-state index contributed by atoms with van der Waals surface area (Å²) in [6, 6.07) is 16.6. The van der Waals surface area contributed by atoms with Gasteiger partial charge in [0.2, 0.25) is 5.91 Å². The van der Waals surface area contributed by atoms with Gasteiger partial charge in [0, 0.05) is 23.2 Å². The molecule has 6 nitrogen and oxygen atoms in total. The maximum absolute atomic E-state index is 13.1. The summed E-state index contributed by atoms with van der Waals surface area (Å²) in [6.45, 7) is 5.50. The standard InChI is InChI=1S/C24H23FN4O2S/c1-3-27-32-19-10-12-20(16(2)13-19)28-24(31)22(14-17-7-5-4-6-8-17)29-23(30)21-11-9-18(25)15-26-21/h3-13,15,22,27H,1,14H2,2H3,(H,28,31)(H,29,30). The molecule has 0 aliphatic heterocycles. The molecule has 3 aromatic rings. The normalized spacial score (nSPS) is 11.3. The van der Waals surface area contributed by atoms with Gasteiger partial charge in [-0.3, -0.25) is 9.59 Å². The van der Waals surface area contributed by atoms with E-state index in [4.69, 9.17) is 0 Å². The number of aromatic nitrogens is 1. The fourth-order valence-electron chi connectivity index (χ4n) is 2.97. The van der Waals surface area contributed by atoms with E-state index < -0.39 is 17.8 Å². The van der Waals surface area contributed by atoms with E-state index in [1.54, 1.807) is 6.20 Å². The van der Waals surface area contributed by atoms with Crippen molar-refractivity contribution < 1.29 is 14.0 Å². The maximum Gasteiger partial charge on any atom is 0.270 e. The summed E-state index contributed by atoms with van der Waals surface area (Å²) in [5, 5.41) is 5.61. The van der Waals surface area contributed by atoms with Gasteiger partial charge in [0.1, 0.15) is 17.6 Å². The van der Waals surface area contributed by atoms with Crippen molar-refractivity contribution >= 4 is 29.4 Å². The lowest BCUT2D eigenvalue weighted by Gasteiger charge is -2.19. The third kappa shape index (κ3) is 6.42. The molecule has 0 aliphatic rings. The Labute approximate surface area is 190 Å². The molecule has 1 atom stereocenters. The number of hydrogen-bond donors (Lipinski definition) is 3. The topological polar surface area (TPSA) is 83.1 Å². The van der Waals surface area contributed by atoms with Crippen LogP contribution in [0.15, 0.2) is 84.5 Å². The molecule has 164 valence electrons. The van der Waals surface area contributed by atoms with Crippen molar-refractivity contribution in [3.8, 4) is 0 Å². The van der Waals surface area contributed by atoms with E-state index in [1.807, 2.05) is 55.5 Å². The van der Waals surface area contributed by atoms with Crippen LogP contribution in [0.1, 0.15) is 21.6 Å². The van der Waals surface area contributed by atoms with Crippen LogP contribution in [0, 0.1) is 12.7 Å². The highest BCUT2D eigenvalue weighted by molar-refractivity contribution is 7.97. The van der Waals surface area contributed by atoms with Crippen LogP contribution in [0.3, 0.4) is 0 Å². The molecule has 3 rings (SSSR count). The Morgan fingerprint density at radius 3 is 2.59 bits per heavy atom. The number of nitrogens with one attached hydrogen (secondary N) is 3. The Kier molecular flexibility index (Phi) is 7.99. The van der Waals surface area contributed by atoms with E-state index in [-0.39, 0.29) is 18.0 Å². The molecule has 0 radical (unpaired) electrons. The van der Waals surface area contributed by atoms with Crippen LogP contribution in [0.2, 0.25) is 0 Å². The van der Waals surface area contributed by atoms with Crippen molar-refractivity contribution in [2.24, 2.45) is 0 Å². The molecule has 8 heteroatoms. The van der Waals surface area contributed by atoms with E-state index >= 15 is 0 Å². The second kappa shape index (κ2) is 11.1. The fourth-order valence-corrected chi connectivity index (χ4v) is 3.56. The average molecular weight is 451 g/mol. The molecule has 2 amide bonds. The Hall–Kier alpha value is -3.65. The monoisotopic (exact) mass is 450 g/mol. The summed E-state index contributed by atoms with van der Waals surface area (Å²) in [4.78, 5) is 30.5. The fraction of sp³-hybridized carbons (Fsp3) is 0.125. The molecular weight excluding hydrogens is 427 g/mol. The lowest BCUT2D eigenvalue weighted by Crippen LogP contribution is -2.45. The molecule has 0 saturated heterocycles. The van der Waals surface area contributed by atoms with E-state index in [2.05, 4.69) is 26.9 Å². The van der Waals surface area contributed by atoms with Crippen LogP contribution >= 0.6 is 11.9 Å². The van der Waals surface area contributed by atoms with Gasteiger partial charge in [0.05, 0.1) is 6.20 Å². The summed E-state index contributed by atoms with van der Waals surface area (Å²) >= 11 is 1.41. The Morgan fingerprint density at radius 2 is 1.94 bits per heavy atom. The van der Waals surface area contributed by atoms with Gasteiger partial charge in [-0.15, -0.1) is 0 Å². The number of carbonyl (C=O) groups excluding carboxylic acids is 2. The lowest BCUT2D eigenvalue weighted by molar-refractivity contribution is -0.118. The molecule has 0 aliphatic carbocycles. The molecule has 1 aromatic heterocycles. The predicted octanol–water partition coefficient (Wildman–Crippen LogP) is 4.25. The van der Waals surface area contributed by atoms with E-state index in [1.165, 1.54) is 18.0 Å². The van der Waals surface area contributed by atoms with Crippen molar-refractivity contribution in [2.75, 3.05) is 5.32 Å². The third-order valence-corrected chi connectivity index (χ3v) is 5.35. The van der Waals surface area contributed by atoms with Crippen LogP contribution in [0.4, 0.5) is 10.1 Å². The number of anilines is 1. The van der Waals surface area contributed by atoms with Crippen molar-refractivity contribution in [2.45, 2.75) is 24.3 Å². The minimum absolute atomic E-state index is 0.0320. The summed E-state index contributed by atoms with van der Waals surface area (Å²) < 4.78 is 16.1. The minimum atomic E-state index is -0.854. The quantitative estimate of drug-likeness (QED) is 0.425. The van der Waals surface area contributed by atoms with E-state index in [0.717, 1.165) is 28.3 Å².